The Labute approximate surface area is 122 Å². The van der Waals surface area contributed by atoms with Crippen molar-refractivity contribution in [2.45, 2.75) is 51.5 Å². The molecule has 4 saturated carbocycles. The van der Waals surface area contributed by atoms with E-state index in [1.807, 2.05) is 12.4 Å². The molecule has 1 N–H and O–H groups in total. The number of hydrogen-bond acceptors (Lipinski definition) is 2. The van der Waals surface area contributed by atoms with Crippen molar-refractivity contribution in [1.82, 2.24) is 10.3 Å². The maximum absolute atomic E-state index is 4.11. The zero-order valence-electron chi connectivity index (χ0n) is 12.5. The zero-order valence-corrected chi connectivity index (χ0v) is 12.5. The van der Waals surface area contributed by atoms with Gasteiger partial charge in [-0.25, -0.2) is 0 Å². The fourth-order valence-corrected chi connectivity index (χ4v) is 5.65. The summed E-state index contributed by atoms with van der Waals surface area (Å²) in [6.45, 7) is 3.51. The van der Waals surface area contributed by atoms with Gasteiger partial charge in [0.2, 0.25) is 0 Å². The molecule has 0 spiro atoms. The van der Waals surface area contributed by atoms with E-state index in [1.54, 1.807) is 0 Å². The highest BCUT2D eigenvalue weighted by Crippen LogP contribution is 2.59. The highest BCUT2D eigenvalue weighted by atomic mass is 14.9. The van der Waals surface area contributed by atoms with Gasteiger partial charge in [-0.2, -0.15) is 0 Å². The van der Waals surface area contributed by atoms with E-state index in [9.17, 15) is 0 Å². The van der Waals surface area contributed by atoms with E-state index in [2.05, 4.69) is 29.4 Å². The minimum Gasteiger partial charge on any atom is -0.310 e. The summed E-state index contributed by atoms with van der Waals surface area (Å²) in [4.78, 5) is 4.11. The Hall–Kier alpha value is -0.890. The molecule has 20 heavy (non-hydrogen) atoms. The monoisotopic (exact) mass is 270 g/mol. The van der Waals surface area contributed by atoms with E-state index in [-0.39, 0.29) is 0 Å². The first-order valence-corrected chi connectivity index (χ1v) is 8.36. The molecule has 2 nitrogen and oxygen atoms in total. The molecule has 1 aromatic rings. The molecule has 0 aromatic carbocycles. The summed E-state index contributed by atoms with van der Waals surface area (Å²) in [6, 6.07) is 4.72. The van der Waals surface area contributed by atoms with Gasteiger partial charge in [-0.05, 0) is 86.3 Å². The molecule has 5 rings (SSSR count). The molecule has 4 aliphatic rings. The Bertz CT molecular complexity index is 432. The van der Waals surface area contributed by atoms with Crippen LogP contribution in [-0.4, -0.2) is 11.5 Å². The summed E-state index contributed by atoms with van der Waals surface area (Å²) in [5.41, 5.74) is 2.00. The van der Waals surface area contributed by atoms with Crippen molar-refractivity contribution in [3.8, 4) is 0 Å². The van der Waals surface area contributed by atoms with Gasteiger partial charge in [0.25, 0.3) is 0 Å². The molecular formula is C18H26N2. The molecule has 0 saturated heterocycles. The highest BCUT2D eigenvalue weighted by Gasteiger charge is 2.50. The number of hydrogen-bond donors (Lipinski definition) is 1. The van der Waals surface area contributed by atoms with Gasteiger partial charge in [0.05, 0.1) is 0 Å². The van der Waals surface area contributed by atoms with Gasteiger partial charge in [0, 0.05) is 25.0 Å². The largest absolute Gasteiger partial charge is 0.310 e. The Morgan fingerprint density at radius 1 is 1.10 bits per heavy atom. The third-order valence-electron chi connectivity index (χ3n) is 6.15. The van der Waals surface area contributed by atoms with Crippen molar-refractivity contribution in [1.29, 1.82) is 0 Å². The SMILES string of the molecule is CC(NCC12CC3CC(CC(C3)C1)C2)c1ccncc1. The molecule has 2 heteroatoms. The Balaban J connectivity index is 1.42. The molecule has 1 heterocycles. The van der Waals surface area contributed by atoms with Gasteiger partial charge in [0.15, 0.2) is 0 Å². The van der Waals surface area contributed by atoms with E-state index < -0.39 is 0 Å². The third-order valence-corrected chi connectivity index (χ3v) is 6.15. The van der Waals surface area contributed by atoms with Crippen LogP contribution in [0.1, 0.15) is 57.1 Å². The van der Waals surface area contributed by atoms with Crippen molar-refractivity contribution in [3.05, 3.63) is 30.1 Å². The Kier molecular flexibility index (Phi) is 3.10. The quantitative estimate of drug-likeness (QED) is 0.896. The average Bonchev–Trinajstić information content (AvgIpc) is 2.44. The number of pyridine rings is 1. The molecule has 108 valence electrons. The normalized spacial score (nSPS) is 40.0. The number of nitrogens with one attached hydrogen (secondary N) is 1. The standard InChI is InChI=1S/C18H26N2/c1-13(17-2-4-19-5-3-17)20-12-18-9-14-6-15(10-18)8-16(7-14)11-18/h2-5,13-16,20H,6-12H2,1H3. The first-order chi connectivity index (χ1) is 9.72. The first kappa shape index (κ1) is 12.8. The summed E-state index contributed by atoms with van der Waals surface area (Å²) in [7, 11) is 0. The highest BCUT2D eigenvalue weighted by molar-refractivity contribution is 5.14. The van der Waals surface area contributed by atoms with Crippen LogP contribution in [0.3, 0.4) is 0 Å². The van der Waals surface area contributed by atoms with Gasteiger partial charge in [-0.3, -0.25) is 4.98 Å². The maximum Gasteiger partial charge on any atom is 0.0293 e. The van der Waals surface area contributed by atoms with E-state index in [0.717, 1.165) is 17.8 Å². The minimum atomic E-state index is 0.450. The van der Waals surface area contributed by atoms with Crippen LogP contribution in [0.4, 0.5) is 0 Å². The Morgan fingerprint density at radius 3 is 2.20 bits per heavy atom. The van der Waals surface area contributed by atoms with Crippen LogP contribution in [-0.2, 0) is 0 Å². The average molecular weight is 270 g/mol. The predicted molar refractivity (Wildman–Crippen MR) is 81.3 cm³/mol. The lowest BCUT2D eigenvalue weighted by Crippen LogP contribution is -2.50. The molecule has 0 aliphatic heterocycles. The van der Waals surface area contributed by atoms with Gasteiger partial charge < -0.3 is 5.32 Å². The van der Waals surface area contributed by atoms with E-state index in [1.165, 1.54) is 50.6 Å². The van der Waals surface area contributed by atoms with Crippen LogP contribution >= 0.6 is 0 Å². The maximum atomic E-state index is 4.11. The van der Waals surface area contributed by atoms with E-state index >= 15 is 0 Å². The first-order valence-electron chi connectivity index (χ1n) is 8.36. The second kappa shape index (κ2) is 4.84. The van der Waals surface area contributed by atoms with Crippen molar-refractivity contribution in [2.24, 2.45) is 23.2 Å². The van der Waals surface area contributed by atoms with E-state index in [4.69, 9.17) is 0 Å². The van der Waals surface area contributed by atoms with Crippen molar-refractivity contribution < 1.29 is 0 Å². The molecule has 1 atom stereocenters. The second-order valence-corrected chi connectivity index (χ2v) is 7.80. The summed E-state index contributed by atoms with van der Waals surface area (Å²) in [5.74, 6) is 3.16. The summed E-state index contributed by atoms with van der Waals surface area (Å²) in [6.07, 6.45) is 12.9. The van der Waals surface area contributed by atoms with Gasteiger partial charge in [-0.15, -0.1) is 0 Å². The molecule has 0 amide bonds. The lowest BCUT2D eigenvalue weighted by atomic mass is 9.49. The number of aromatic nitrogens is 1. The van der Waals surface area contributed by atoms with Gasteiger partial charge in [-0.1, -0.05) is 0 Å². The fraction of sp³-hybridized carbons (Fsp3) is 0.722. The van der Waals surface area contributed by atoms with Crippen LogP contribution < -0.4 is 5.32 Å². The summed E-state index contributed by atoms with van der Waals surface area (Å²) >= 11 is 0. The van der Waals surface area contributed by atoms with Crippen LogP contribution in [0.2, 0.25) is 0 Å². The summed E-state index contributed by atoms with van der Waals surface area (Å²) < 4.78 is 0. The minimum absolute atomic E-state index is 0.450. The second-order valence-electron chi connectivity index (χ2n) is 7.80. The third kappa shape index (κ3) is 2.28. The Morgan fingerprint density at radius 2 is 1.65 bits per heavy atom. The van der Waals surface area contributed by atoms with Crippen molar-refractivity contribution >= 4 is 0 Å². The lowest BCUT2D eigenvalue weighted by Gasteiger charge is -2.57. The smallest absolute Gasteiger partial charge is 0.0293 e. The zero-order chi connectivity index (χ0) is 13.6. The van der Waals surface area contributed by atoms with Crippen LogP contribution in [0.25, 0.3) is 0 Å². The lowest BCUT2D eigenvalue weighted by molar-refractivity contribution is -0.0523. The molecule has 1 aromatic heterocycles. The topological polar surface area (TPSA) is 24.9 Å². The summed E-state index contributed by atoms with van der Waals surface area (Å²) in [5, 5.41) is 3.83. The number of nitrogens with zero attached hydrogens (tertiary/aromatic N) is 1. The fourth-order valence-electron chi connectivity index (χ4n) is 5.65. The molecular weight excluding hydrogens is 244 g/mol. The molecule has 4 aliphatic carbocycles. The number of rotatable bonds is 4. The van der Waals surface area contributed by atoms with Gasteiger partial charge >= 0.3 is 0 Å². The van der Waals surface area contributed by atoms with Crippen LogP contribution in [0.15, 0.2) is 24.5 Å². The molecule has 4 bridgehead atoms. The molecule has 1 unspecified atom stereocenters. The predicted octanol–water partition coefficient (Wildman–Crippen LogP) is 3.95. The van der Waals surface area contributed by atoms with Crippen molar-refractivity contribution in [2.75, 3.05) is 6.54 Å². The van der Waals surface area contributed by atoms with Gasteiger partial charge in [0.1, 0.15) is 0 Å². The molecule has 0 radical (unpaired) electrons. The van der Waals surface area contributed by atoms with Crippen LogP contribution in [0.5, 0.6) is 0 Å². The van der Waals surface area contributed by atoms with E-state index in [0.29, 0.717) is 11.5 Å². The van der Waals surface area contributed by atoms with Crippen molar-refractivity contribution in [3.63, 3.8) is 0 Å². The molecule has 4 fully saturated rings. The van der Waals surface area contributed by atoms with Crippen LogP contribution in [0, 0.1) is 23.2 Å².